The number of aliphatic hydroxyl groups is 13. The molecule has 6 aliphatic heterocycles. The summed E-state index contributed by atoms with van der Waals surface area (Å²) in [5, 5.41) is 138. The molecule has 0 aromatic rings. The Bertz CT molecular complexity index is 1970. The molecule has 23 heteroatoms. The normalized spacial score (nSPS) is 57.5. The van der Waals surface area contributed by atoms with Crippen LogP contribution >= 0.6 is 0 Å². The molecule has 0 aromatic heterocycles. The van der Waals surface area contributed by atoms with Gasteiger partial charge in [-0.15, -0.1) is 0 Å². The molecule has 74 heavy (non-hydrogen) atoms. The zero-order valence-electron chi connectivity index (χ0n) is 42.7. The smallest absolute Gasteiger partial charge is 0.189 e. The Hall–Kier alpha value is -1.18. The number of rotatable bonds is 11. The number of ether oxygens (including phenoxy) is 10. The van der Waals surface area contributed by atoms with Gasteiger partial charge in [-0.05, 0) is 92.8 Å². The molecule has 0 radical (unpaired) electrons. The Kier molecular flexibility index (Phi) is 16.2. The quantitative estimate of drug-likeness (QED) is 0.0941. The fraction of sp³-hybridized carbons (Fsp3) is 0.961. The number of aliphatic hydroxyl groups excluding tert-OH is 13. The standard InChI is InChI=1S/C51H82O23/c1-19-8-13-51(74-44(19)72-47-41(64)38(61)34(57)29(17-53)68-47)20(2)31-27(73-51)15-26-24-7-6-22-14-23(9-11-49(22,4)25(24)10-12-50(26,31)5)66-48-43(71-45-39(62)36(59)32(55)21(3)65-45)42(35(58)30(18-54)69-48)70-46-40(63)37(60)33(56)28(16-52)67-46/h6,19-21,23-48,52-64H,7-18H2,1-5H3. The molecule has 32 atom stereocenters. The summed E-state index contributed by atoms with van der Waals surface area (Å²) in [5.74, 6) is 0.299. The lowest BCUT2D eigenvalue weighted by molar-refractivity contribution is -0.398. The Balaban J connectivity index is 0.841. The van der Waals surface area contributed by atoms with Crippen molar-refractivity contribution >= 4 is 0 Å². The lowest BCUT2D eigenvalue weighted by Crippen LogP contribution is -2.67. The van der Waals surface area contributed by atoms with Gasteiger partial charge in [0.1, 0.15) is 91.6 Å². The highest BCUT2D eigenvalue weighted by atomic mass is 16.8. The highest BCUT2D eigenvalue weighted by molar-refractivity contribution is 5.26. The van der Waals surface area contributed by atoms with E-state index in [0.29, 0.717) is 37.0 Å². The average Bonchev–Trinajstić information content (AvgIpc) is 3.83. The first-order valence-electron chi connectivity index (χ1n) is 27.0. The van der Waals surface area contributed by atoms with Crippen molar-refractivity contribution in [2.45, 2.75) is 240 Å². The van der Waals surface area contributed by atoms with Crippen LogP contribution in [0, 0.1) is 46.3 Å². The molecule has 4 aliphatic carbocycles. The van der Waals surface area contributed by atoms with Crippen LogP contribution in [0.15, 0.2) is 11.6 Å². The van der Waals surface area contributed by atoms with Crippen molar-refractivity contribution in [1.29, 1.82) is 0 Å². The van der Waals surface area contributed by atoms with Crippen LogP contribution in [0.5, 0.6) is 0 Å². The second kappa shape index (κ2) is 21.4. The van der Waals surface area contributed by atoms with E-state index in [0.717, 1.165) is 38.5 Å². The first-order valence-corrected chi connectivity index (χ1v) is 27.0. The first-order chi connectivity index (χ1) is 35.1. The van der Waals surface area contributed by atoms with Gasteiger partial charge in [-0.3, -0.25) is 0 Å². The molecular weight excluding hydrogens is 981 g/mol. The van der Waals surface area contributed by atoms with Crippen LogP contribution < -0.4 is 0 Å². The van der Waals surface area contributed by atoms with E-state index in [1.54, 1.807) is 0 Å². The molecule has 0 aromatic carbocycles. The maximum Gasteiger partial charge on any atom is 0.189 e. The van der Waals surface area contributed by atoms with E-state index >= 15 is 0 Å². The van der Waals surface area contributed by atoms with Crippen LogP contribution in [0.4, 0.5) is 0 Å². The monoisotopic (exact) mass is 1060 g/mol. The molecule has 10 rings (SSSR count). The lowest BCUT2D eigenvalue weighted by Gasteiger charge is -2.59. The number of allylic oxidation sites excluding steroid dienone is 1. The van der Waals surface area contributed by atoms with Gasteiger partial charge in [-0.1, -0.05) is 39.3 Å². The minimum absolute atomic E-state index is 0.00174. The molecule has 32 unspecified atom stereocenters. The van der Waals surface area contributed by atoms with E-state index < -0.39 is 161 Å². The largest absolute Gasteiger partial charge is 0.394 e. The second-order valence-electron chi connectivity index (χ2n) is 24.0. The van der Waals surface area contributed by atoms with Crippen LogP contribution in [0.1, 0.15) is 92.4 Å². The summed E-state index contributed by atoms with van der Waals surface area (Å²) in [4.78, 5) is 0. The maximum atomic E-state index is 11.7. The van der Waals surface area contributed by atoms with E-state index in [9.17, 15) is 66.4 Å². The molecule has 0 bridgehead atoms. The molecule has 3 saturated carbocycles. The number of fused-ring (bicyclic) bond motifs is 7. The fourth-order valence-corrected chi connectivity index (χ4v) is 15.5. The van der Waals surface area contributed by atoms with Crippen LogP contribution in [0.25, 0.3) is 0 Å². The Morgan fingerprint density at radius 1 is 0.541 bits per heavy atom. The molecule has 0 amide bonds. The van der Waals surface area contributed by atoms with Gasteiger partial charge in [0.05, 0.1) is 38.1 Å². The summed E-state index contributed by atoms with van der Waals surface area (Å²) in [6.07, 6.45) is -22.9. The summed E-state index contributed by atoms with van der Waals surface area (Å²) in [6.45, 7) is 8.39. The van der Waals surface area contributed by atoms with Crippen LogP contribution in [0.3, 0.4) is 0 Å². The van der Waals surface area contributed by atoms with E-state index in [-0.39, 0.29) is 34.7 Å². The topological polar surface area (TPSA) is 355 Å². The third kappa shape index (κ3) is 9.38. The minimum Gasteiger partial charge on any atom is -0.394 e. The second-order valence-corrected chi connectivity index (χ2v) is 24.0. The van der Waals surface area contributed by atoms with Crippen molar-refractivity contribution in [2.24, 2.45) is 46.3 Å². The summed E-state index contributed by atoms with van der Waals surface area (Å²) >= 11 is 0. The van der Waals surface area contributed by atoms with E-state index in [2.05, 4.69) is 26.8 Å². The Labute approximate surface area is 430 Å². The van der Waals surface area contributed by atoms with Gasteiger partial charge >= 0.3 is 0 Å². The number of hydrogen-bond acceptors (Lipinski definition) is 23. The summed E-state index contributed by atoms with van der Waals surface area (Å²) < 4.78 is 62.6. The van der Waals surface area contributed by atoms with Gasteiger partial charge < -0.3 is 114 Å². The van der Waals surface area contributed by atoms with Crippen LogP contribution in [-0.2, 0) is 47.4 Å². The summed E-state index contributed by atoms with van der Waals surface area (Å²) in [7, 11) is 0. The molecule has 23 nitrogen and oxygen atoms in total. The highest BCUT2D eigenvalue weighted by Crippen LogP contribution is 2.71. The molecule has 9 fully saturated rings. The van der Waals surface area contributed by atoms with Gasteiger partial charge in [-0.2, -0.15) is 0 Å². The molecule has 424 valence electrons. The Morgan fingerprint density at radius 3 is 1.74 bits per heavy atom. The first kappa shape index (κ1) is 56.1. The van der Waals surface area contributed by atoms with Gasteiger partial charge in [-0.25, -0.2) is 0 Å². The molecule has 13 N–H and O–H groups in total. The van der Waals surface area contributed by atoms with Gasteiger partial charge in [0.2, 0.25) is 0 Å². The van der Waals surface area contributed by atoms with E-state index in [1.807, 2.05) is 6.92 Å². The SMILES string of the molecule is CC1CCC2(OC3CC4C5CC=C6CC(OC7OC(CO)C(O)C(OC8OC(CO)C(O)C(O)C8O)C7OC7OC(C)C(O)C(O)C7O)CCC6(C)C5CCC4(C)C3C2C)OC1OC1OC(CO)C(O)C(O)C1O. The lowest BCUT2D eigenvalue weighted by atomic mass is 9.47. The maximum absolute atomic E-state index is 11.7. The average molecular weight is 1060 g/mol. The van der Waals surface area contributed by atoms with E-state index in [1.165, 1.54) is 12.5 Å². The third-order valence-corrected chi connectivity index (χ3v) is 19.9. The molecular formula is C51H82O23. The molecule has 6 saturated heterocycles. The zero-order valence-corrected chi connectivity index (χ0v) is 42.7. The zero-order chi connectivity index (χ0) is 53.1. The summed E-state index contributed by atoms with van der Waals surface area (Å²) in [6, 6.07) is 0. The molecule has 6 heterocycles. The van der Waals surface area contributed by atoms with Crippen molar-refractivity contribution in [3.05, 3.63) is 11.6 Å². The van der Waals surface area contributed by atoms with Crippen LogP contribution in [0.2, 0.25) is 0 Å². The predicted octanol–water partition coefficient (Wildman–Crippen LogP) is -2.64. The Morgan fingerprint density at radius 2 is 1.11 bits per heavy atom. The van der Waals surface area contributed by atoms with Crippen molar-refractivity contribution in [1.82, 2.24) is 0 Å². The predicted molar refractivity (Wildman–Crippen MR) is 248 cm³/mol. The van der Waals surface area contributed by atoms with Crippen molar-refractivity contribution in [2.75, 3.05) is 19.8 Å². The van der Waals surface area contributed by atoms with Crippen LogP contribution in [-0.4, -0.2) is 233 Å². The fourth-order valence-electron chi connectivity index (χ4n) is 15.5. The van der Waals surface area contributed by atoms with E-state index in [4.69, 9.17) is 47.4 Å². The van der Waals surface area contributed by atoms with Crippen molar-refractivity contribution in [3.8, 4) is 0 Å². The molecule has 10 aliphatic rings. The van der Waals surface area contributed by atoms with Gasteiger partial charge in [0.25, 0.3) is 0 Å². The van der Waals surface area contributed by atoms with Gasteiger partial charge in [0, 0.05) is 18.3 Å². The minimum atomic E-state index is -1.88. The van der Waals surface area contributed by atoms with Gasteiger partial charge in [0.15, 0.2) is 37.2 Å². The van der Waals surface area contributed by atoms with Crippen molar-refractivity contribution < 1.29 is 114 Å². The summed E-state index contributed by atoms with van der Waals surface area (Å²) in [5.41, 5.74) is 1.03. The highest BCUT2D eigenvalue weighted by Gasteiger charge is 2.70. The number of hydrogen-bond donors (Lipinski definition) is 13. The molecule has 1 spiro atoms. The van der Waals surface area contributed by atoms with Crippen molar-refractivity contribution in [3.63, 3.8) is 0 Å². The third-order valence-electron chi connectivity index (χ3n) is 19.9.